The van der Waals surface area contributed by atoms with Gasteiger partial charge in [-0.25, -0.2) is 0 Å². The minimum atomic E-state index is 0.687. The van der Waals surface area contributed by atoms with E-state index in [1.807, 2.05) is 6.07 Å². The lowest BCUT2D eigenvalue weighted by Gasteiger charge is -1.97. The summed E-state index contributed by atoms with van der Waals surface area (Å²) < 4.78 is 0. The number of aryl methyl sites for hydroxylation is 1. The second kappa shape index (κ2) is 9.76. The summed E-state index contributed by atoms with van der Waals surface area (Å²) in [7, 11) is 1.00. The van der Waals surface area contributed by atoms with Crippen molar-refractivity contribution in [3.8, 4) is 6.07 Å². The predicted molar refractivity (Wildman–Crippen MR) is 57.8 cm³/mol. The van der Waals surface area contributed by atoms with Gasteiger partial charge in [0.05, 0.1) is 6.07 Å². The Kier molecular flexibility index (Phi) is 8.83. The van der Waals surface area contributed by atoms with E-state index in [4.69, 9.17) is 10.4 Å². The summed E-state index contributed by atoms with van der Waals surface area (Å²) in [5.74, 6) is 0. The van der Waals surface area contributed by atoms with Gasteiger partial charge in [0.25, 0.3) is 0 Å². The molecule has 2 nitrogen and oxygen atoms in total. The zero-order valence-corrected chi connectivity index (χ0v) is 8.61. The van der Waals surface area contributed by atoms with Crippen LogP contribution in [0.15, 0.2) is 30.3 Å². The van der Waals surface area contributed by atoms with Crippen molar-refractivity contribution < 1.29 is 5.11 Å². The van der Waals surface area contributed by atoms with E-state index in [1.165, 1.54) is 5.56 Å². The maximum Gasteiger partial charge on any atom is 0.0621 e. The molecule has 0 atom stereocenters. The first-order valence-electron chi connectivity index (χ1n) is 4.79. The molecular weight excluding hydrogens is 174 g/mol. The number of hydrogen-bond donors (Lipinski definition) is 1. The maximum atomic E-state index is 8.31. The molecule has 0 fully saturated rings. The molecule has 14 heavy (non-hydrogen) atoms. The Balaban J connectivity index is 0.000000791. The van der Waals surface area contributed by atoms with Gasteiger partial charge in [-0.05, 0) is 24.8 Å². The summed E-state index contributed by atoms with van der Waals surface area (Å²) in [6.45, 7) is 0. The van der Waals surface area contributed by atoms with Crippen LogP contribution in [0.1, 0.15) is 24.8 Å². The highest BCUT2D eigenvalue weighted by Crippen LogP contribution is 2.05. The summed E-state index contributed by atoms with van der Waals surface area (Å²) in [6, 6.07) is 12.6. The first kappa shape index (κ1) is 12.7. The largest absolute Gasteiger partial charge is 0.400 e. The van der Waals surface area contributed by atoms with E-state index in [1.54, 1.807) is 0 Å². The van der Waals surface area contributed by atoms with Crippen molar-refractivity contribution in [3.05, 3.63) is 35.9 Å². The zero-order valence-electron chi connectivity index (χ0n) is 8.61. The molecule has 0 aliphatic rings. The summed E-state index contributed by atoms with van der Waals surface area (Å²) >= 11 is 0. The fourth-order valence-electron chi connectivity index (χ4n) is 1.18. The average molecular weight is 191 g/mol. The fourth-order valence-corrected chi connectivity index (χ4v) is 1.18. The van der Waals surface area contributed by atoms with Crippen LogP contribution in [0.5, 0.6) is 0 Å². The van der Waals surface area contributed by atoms with Crippen LogP contribution in [0.3, 0.4) is 0 Å². The molecule has 1 N–H and O–H groups in total. The number of rotatable bonds is 4. The smallest absolute Gasteiger partial charge is 0.0621 e. The third-order valence-corrected chi connectivity index (χ3v) is 1.85. The third kappa shape index (κ3) is 6.22. The maximum absolute atomic E-state index is 8.31. The Morgan fingerprint density at radius 1 is 1.14 bits per heavy atom. The Bertz CT molecular complexity index is 251. The van der Waals surface area contributed by atoms with Gasteiger partial charge in [-0.15, -0.1) is 0 Å². The van der Waals surface area contributed by atoms with Crippen LogP contribution in [0.2, 0.25) is 0 Å². The molecule has 0 radical (unpaired) electrons. The van der Waals surface area contributed by atoms with Crippen molar-refractivity contribution in [3.63, 3.8) is 0 Å². The van der Waals surface area contributed by atoms with Gasteiger partial charge in [-0.1, -0.05) is 30.3 Å². The van der Waals surface area contributed by atoms with E-state index in [9.17, 15) is 0 Å². The molecule has 0 aliphatic carbocycles. The lowest BCUT2D eigenvalue weighted by atomic mass is 10.1. The minimum Gasteiger partial charge on any atom is -0.400 e. The van der Waals surface area contributed by atoms with Crippen LogP contribution in [0, 0.1) is 11.3 Å². The van der Waals surface area contributed by atoms with Crippen molar-refractivity contribution >= 4 is 0 Å². The van der Waals surface area contributed by atoms with Crippen LogP contribution in [0.25, 0.3) is 0 Å². The van der Waals surface area contributed by atoms with Gasteiger partial charge in [-0.3, -0.25) is 0 Å². The van der Waals surface area contributed by atoms with Gasteiger partial charge >= 0.3 is 0 Å². The molecule has 0 saturated carbocycles. The second-order valence-corrected chi connectivity index (χ2v) is 2.85. The zero-order chi connectivity index (χ0) is 10.6. The van der Waals surface area contributed by atoms with Crippen LogP contribution >= 0.6 is 0 Å². The van der Waals surface area contributed by atoms with E-state index in [2.05, 4.69) is 30.3 Å². The molecule has 0 saturated heterocycles. The van der Waals surface area contributed by atoms with Crippen LogP contribution in [0.4, 0.5) is 0 Å². The molecule has 0 aromatic heterocycles. The molecule has 0 aliphatic heterocycles. The first-order valence-corrected chi connectivity index (χ1v) is 4.79. The number of aliphatic hydroxyl groups excluding tert-OH is 1. The highest BCUT2D eigenvalue weighted by molar-refractivity contribution is 5.14. The lowest BCUT2D eigenvalue weighted by molar-refractivity contribution is 0.399. The Hall–Kier alpha value is -1.33. The third-order valence-electron chi connectivity index (χ3n) is 1.85. The number of nitrogens with zero attached hydrogens (tertiary/aromatic N) is 1. The normalized spacial score (nSPS) is 8.36. The molecule has 2 heteroatoms. The number of unbranched alkanes of at least 4 members (excludes halogenated alkanes) is 2. The molecule has 1 aromatic rings. The molecule has 0 bridgehead atoms. The fraction of sp³-hybridized carbons (Fsp3) is 0.417. The molecule has 0 unspecified atom stereocenters. The Morgan fingerprint density at radius 2 is 1.79 bits per heavy atom. The lowest BCUT2D eigenvalue weighted by Crippen LogP contribution is -1.83. The van der Waals surface area contributed by atoms with Gasteiger partial charge in [-0.2, -0.15) is 5.26 Å². The molecule has 1 rings (SSSR count). The number of aliphatic hydroxyl groups is 1. The Morgan fingerprint density at radius 3 is 2.36 bits per heavy atom. The molecule has 0 heterocycles. The van der Waals surface area contributed by atoms with E-state index in [-0.39, 0.29) is 0 Å². The van der Waals surface area contributed by atoms with Crippen molar-refractivity contribution in [1.82, 2.24) is 0 Å². The van der Waals surface area contributed by atoms with Crippen molar-refractivity contribution in [2.24, 2.45) is 0 Å². The minimum absolute atomic E-state index is 0.687. The van der Waals surface area contributed by atoms with Gasteiger partial charge in [0, 0.05) is 13.5 Å². The highest BCUT2D eigenvalue weighted by atomic mass is 16.2. The van der Waals surface area contributed by atoms with E-state index < -0.39 is 0 Å². The van der Waals surface area contributed by atoms with Crippen molar-refractivity contribution in [2.75, 3.05) is 7.11 Å². The standard InChI is InChI=1S/C11H13N.CH4O/c12-10-6-2-5-9-11-7-3-1-4-8-11;1-2/h1,3-4,7-8H,2,5-6,9H2;2H,1H3. The Labute approximate surface area is 85.8 Å². The van der Waals surface area contributed by atoms with E-state index in [0.717, 1.165) is 26.4 Å². The number of hydrogen-bond acceptors (Lipinski definition) is 2. The van der Waals surface area contributed by atoms with E-state index >= 15 is 0 Å². The SMILES string of the molecule is CO.N#CCCCCc1ccccc1. The highest BCUT2D eigenvalue weighted by Gasteiger charge is 1.90. The van der Waals surface area contributed by atoms with Gasteiger partial charge in [0.2, 0.25) is 0 Å². The second-order valence-electron chi connectivity index (χ2n) is 2.85. The summed E-state index contributed by atoms with van der Waals surface area (Å²) in [5, 5.41) is 15.3. The van der Waals surface area contributed by atoms with Crippen LogP contribution < -0.4 is 0 Å². The van der Waals surface area contributed by atoms with Gasteiger partial charge in [0.1, 0.15) is 0 Å². The monoisotopic (exact) mass is 191 g/mol. The van der Waals surface area contributed by atoms with Gasteiger partial charge < -0.3 is 5.11 Å². The number of nitriles is 1. The van der Waals surface area contributed by atoms with Crippen LogP contribution in [-0.2, 0) is 6.42 Å². The molecule has 76 valence electrons. The first-order chi connectivity index (χ1) is 6.93. The molecule has 0 amide bonds. The predicted octanol–water partition coefficient (Wildman–Crippen LogP) is 2.53. The average Bonchev–Trinajstić information content (AvgIpc) is 2.29. The van der Waals surface area contributed by atoms with E-state index in [0.29, 0.717) is 6.42 Å². The quantitative estimate of drug-likeness (QED) is 0.743. The summed E-state index contributed by atoms with van der Waals surface area (Å²) in [4.78, 5) is 0. The number of benzene rings is 1. The van der Waals surface area contributed by atoms with Crippen molar-refractivity contribution in [1.29, 1.82) is 5.26 Å². The summed E-state index contributed by atoms with van der Waals surface area (Å²) in [6.07, 6.45) is 3.93. The van der Waals surface area contributed by atoms with Crippen LogP contribution in [-0.4, -0.2) is 12.2 Å². The molecule has 0 spiro atoms. The topological polar surface area (TPSA) is 44.0 Å². The van der Waals surface area contributed by atoms with Crippen molar-refractivity contribution in [2.45, 2.75) is 25.7 Å². The summed E-state index contributed by atoms with van der Waals surface area (Å²) in [5.41, 5.74) is 1.37. The molecular formula is C12H17NO. The van der Waals surface area contributed by atoms with Gasteiger partial charge in [0.15, 0.2) is 0 Å². The molecule has 1 aromatic carbocycles.